The summed E-state index contributed by atoms with van der Waals surface area (Å²) in [5.74, 6) is -0.448. The third-order valence-corrected chi connectivity index (χ3v) is 3.89. The first-order chi connectivity index (χ1) is 11.6. The second kappa shape index (κ2) is 16.8. The molecule has 0 rings (SSSR count). The molecule has 0 aliphatic rings. The number of unbranched alkanes of at least 4 members (excludes halogenated alkanes) is 9. The van der Waals surface area contributed by atoms with Crippen molar-refractivity contribution in [1.29, 1.82) is 0 Å². The summed E-state index contributed by atoms with van der Waals surface area (Å²) < 4.78 is 10.2. The zero-order chi connectivity index (χ0) is 18.0. The summed E-state index contributed by atoms with van der Waals surface area (Å²) in [6, 6.07) is 0. The van der Waals surface area contributed by atoms with Gasteiger partial charge in [-0.05, 0) is 26.7 Å². The second-order valence-corrected chi connectivity index (χ2v) is 6.79. The molecule has 0 heterocycles. The van der Waals surface area contributed by atoms with E-state index in [-0.39, 0.29) is 24.5 Å². The number of carbonyl (C=O) groups excluding carboxylic acids is 2. The van der Waals surface area contributed by atoms with Crippen molar-refractivity contribution >= 4 is 11.9 Å². The van der Waals surface area contributed by atoms with Gasteiger partial charge < -0.3 is 9.47 Å². The number of rotatable bonds is 16. The predicted octanol–water partition coefficient (Wildman–Crippen LogP) is 5.57. The Kier molecular flexibility index (Phi) is 16.0. The molecule has 0 radical (unpaired) electrons. The SMILES string of the molecule is CCCCCCCCCCCCOC(=O)CCCC(=O)OC(C)C. The molecule has 0 saturated carbocycles. The van der Waals surface area contributed by atoms with E-state index in [2.05, 4.69) is 6.92 Å². The molecule has 0 amide bonds. The van der Waals surface area contributed by atoms with E-state index in [0.29, 0.717) is 19.4 Å². The minimum Gasteiger partial charge on any atom is -0.466 e. The van der Waals surface area contributed by atoms with Gasteiger partial charge in [-0.1, -0.05) is 64.7 Å². The van der Waals surface area contributed by atoms with E-state index in [1.165, 1.54) is 51.4 Å². The Hall–Kier alpha value is -1.06. The molecule has 0 spiro atoms. The molecule has 0 fully saturated rings. The maximum absolute atomic E-state index is 11.5. The Balaban J connectivity index is 3.27. The summed E-state index contributed by atoms with van der Waals surface area (Å²) in [4.78, 5) is 22.9. The van der Waals surface area contributed by atoms with Crippen LogP contribution >= 0.6 is 0 Å². The van der Waals surface area contributed by atoms with Crippen LogP contribution in [-0.2, 0) is 19.1 Å². The summed E-state index contributed by atoms with van der Waals surface area (Å²) in [6.45, 7) is 6.39. The van der Waals surface area contributed by atoms with Crippen LogP contribution in [0.1, 0.15) is 104 Å². The van der Waals surface area contributed by atoms with Crippen LogP contribution in [0.15, 0.2) is 0 Å². The molecular weight excluding hydrogens is 304 g/mol. The first kappa shape index (κ1) is 22.9. The number of hydrogen-bond donors (Lipinski definition) is 0. The summed E-state index contributed by atoms with van der Waals surface area (Å²) in [5.41, 5.74) is 0. The number of ether oxygens (including phenoxy) is 2. The van der Waals surface area contributed by atoms with Gasteiger partial charge in [0.25, 0.3) is 0 Å². The highest BCUT2D eigenvalue weighted by atomic mass is 16.5. The standard InChI is InChI=1S/C20H38O4/c1-4-5-6-7-8-9-10-11-12-13-17-23-19(21)15-14-16-20(22)24-18(2)3/h18H,4-17H2,1-3H3. The van der Waals surface area contributed by atoms with Crippen molar-refractivity contribution in [2.45, 2.75) is 110 Å². The van der Waals surface area contributed by atoms with Gasteiger partial charge >= 0.3 is 11.9 Å². The van der Waals surface area contributed by atoms with E-state index in [1.807, 2.05) is 13.8 Å². The fourth-order valence-corrected chi connectivity index (χ4v) is 2.55. The van der Waals surface area contributed by atoms with E-state index in [9.17, 15) is 9.59 Å². The molecule has 0 atom stereocenters. The summed E-state index contributed by atoms with van der Waals surface area (Å²) in [6.07, 6.45) is 13.7. The van der Waals surface area contributed by atoms with E-state index >= 15 is 0 Å². The third kappa shape index (κ3) is 17.3. The molecular formula is C20H38O4. The average Bonchev–Trinajstić information content (AvgIpc) is 2.52. The maximum atomic E-state index is 11.5. The fourth-order valence-electron chi connectivity index (χ4n) is 2.55. The Morgan fingerprint density at radius 1 is 0.708 bits per heavy atom. The number of hydrogen-bond acceptors (Lipinski definition) is 4. The molecule has 4 nitrogen and oxygen atoms in total. The molecule has 0 aliphatic carbocycles. The monoisotopic (exact) mass is 342 g/mol. The van der Waals surface area contributed by atoms with Crippen molar-refractivity contribution in [3.63, 3.8) is 0 Å². The summed E-state index contributed by atoms with van der Waals surface area (Å²) in [7, 11) is 0. The molecule has 142 valence electrons. The maximum Gasteiger partial charge on any atom is 0.306 e. The predicted molar refractivity (Wildman–Crippen MR) is 97.9 cm³/mol. The van der Waals surface area contributed by atoms with E-state index < -0.39 is 0 Å². The Morgan fingerprint density at radius 3 is 1.75 bits per heavy atom. The molecule has 0 aromatic heterocycles. The minimum atomic E-state index is -0.243. The van der Waals surface area contributed by atoms with Crippen LogP contribution in [0, 0.1) is 0 Å². The highest BCUT2D eigenvalue weighted by Crippen LogP contribution is 2.10. The fraction of sp³-hybridized carbons (Fsp3) is 0.900. The first-order valence-electron chi connectivity index (χ1n) is 9.91. The normalized spacial score (nSPS) is 10.8. The number of carbonyl (C=O) groups is 2. The van der Waals surface area contributed by atoms with Gasteiger partial charge in [-0.15, -0.1) is 0 Å². The molecule has 0 aliphatic heterocycles. The minimum absolute atomic E-state index is 0.0965. The van der Waals surface area contributed by atoms with Crippen molar-refractivity contribution in [1.82, 2.24) is 0 Å². The lowest BCUT2D eigenvalue weighted by molar-refractivity contribution is -0.148. The zero-order valence-electron chi connectivity index (χ0n) is 16.1. The van der Waals surface area contributed by atoms with Crippen LogP contribution in [0.4, 0.5) is 0 Å². The van der Waals surface area contributed by atoms with Gasteiger partial charge in [0.1, 0.15) is 0 Å². The molecule has 0 aromatic rings. The Morgan fingerprint density at radius 2 is 1.21 bits per heavy atom. The van der Waals surface area contributed by atoms with Crippen LogP contribution in [-0.4, -0.2) is 24.6 Å². The lowest BCUT2D eigenvalue weighted by Gasteiger charge is -2.07. The van der Waals surface area contributed by atoms with Gasteiger partial charge in [0.05, 0.1) is 12.7 Å². The highest BCUT2D eigenvalue weighted by molar-refractivity contribution is 5.72. The average molecular weight is 343 g/mol. The topological polar surface area (TPSA) is 52.6 Å². The smallest absolute Gasteiger partial charge is 0.306 e. The summed E-state index contributed by atoms with van der Waals surface area (Å²) >= 11 is 0. The van der Waals surface area contributed by atoms with Crippen molar-refractivity contribution in [3.05, 3.63) is 0 Å². The van der Waals surface area contributed by atoms with Crippen molar-refractivity contribution < 1.29 is 19.1 Å². The Labute approximate surface area is 148 Å². The molecule has 4 heteroatoms. The van der Waals surface area contributed by atoms with Gasteiger partial charge in [0.15, 0.2) is 0 Å². The van der Waals surface area contributed by atoms with Crippen LogP contribution < -0.4 is 0 Å². The van der Waals surface area contributed by atoms with Crippen LogP contribution in [0.3, 0.4) is 0 Å². The van der Waals surface area contributed by atoms with Crippen LogP contribution in [0.2, 0.25) is 0 Å². The second-order valence-electron chi connectivity index (χ2n) is 6.79. The van der Waals surface area contributed by atoms with E-state index in [4.69, 9.17) is 9.47 Å². The van der Waals surface area contributed by atoms with Gasteiger partial charge in [0, 0.05) is 12.8 Å². The van der Waals surface area contributed by atoms with Crippen molar-refractivity contribution in [2.24, 2.45) is 0 Å². The summed E-state index contributed by atoms with van der Waals surface area (Å²) in [5, 5.41) is 0. The molecule has 0 N–H and O–H groups in total. The quantitative estimate of drug-likeness (QED) is 0.272. The zero-order valence-corrected chi connectivity index (χ0v) is 16.1. The lowest BCUT2D eigenvalue weighted by atomic mass is 10.1. The molecule has 0 saturated heterocycles. The molecule has 0 bridgehead atoms. The van der Waals surface area contributed by atoms with Gasteiger partial charge in [-0.3, -0.25) is 9.59 Å². The van der Waals surface area contributed by atoms with E-state index in [0.717, 1.165) is 12.8 Å². The van der Waals surface area contributed by atoms with E-state index in [1.54, 1.807) is 0 Å². The molecule has 0 unspecified atom stereocenters. The van der Waals surface area contributed by atoms with Crippen LogP contribution in [0.5, 0.6) is 0 Å². The van der Waals surface area contributed by atoms with Gasteiger partial charge in [-0.2, -0.15) is 0 Å². The lowest BCUT2D eigenvalue weighted by Crippen LogP contribution is -2.12. The third-order valence-electron chi connectivity index (χ3n) is 3.89. The van der Waals surface area contributed by atoms with Gasteiger partial charge in [0.2, 0.25) is 0 Å². The van der Waals surface area contributed by atoms with Gasteiger partial charge in [-0.25, -0.2) is 0 Å². The first-order valence-corrected chi connectivity index (χ1v) is 9.91. The molecule has 24 heavy (non-hydrogen) atoms. The number of esters is 2. The molecule has 0 aromatic carbocycles. The van der Waals surface area contributed by atoms with Crippen LogP contribution in [0.25, 0.3) is 0 Å². The van der Waals surface area contributed by atoms with Crippen molar-refractivity contribution in [2.75, 3.05) is 6.61 Å². The highest BCUT2D eigenvalue weighted by Gasteiger charge is 2.08. The Bertz CT molecular complexity index is 313. The van der Waals surface area contributed by atoms with Crippen molar-refractivity contribution in [3.8, 4) is 0 Å². The largest absolute Gasteiger partial charge is 0.466 e.